The van der Waals surface area contributed by atoms with Gasteiger partial charge in [0.05, 0.1) is 11.4 Å². The van der Waals surface area contributed by atoms with Crippen molar-refractivity contribution < 1.29 is 9.53 Å². The van der Waals surface area contributed by atoms with Crippen LogP contribution in [0, 0.1) is 0 Å². The van der Waals surface area contributed by atoms with Crippen molar-refractivity contribution in [3.8, 4) is 5.75 Å². The van der Waals surface area contributed by atoms with Crippen LogP contribution in [0.25, 0.3) is 5.78 Å². The van der Waals surface area contributed by atoms with E-state index in [1.54, 1.807) is 59.5 Å². The molecule has 0 spiro atoms. The first-order valence-electron chi connectivity index (χ1n) is 9.67. The SMILES string of the molecule is CC(C)n1cnc2nc(COc3ccccc3NC(=O)c3ccc(Br)cc3)cc(=O)n21. The molecule has 0 unspecified atom stereocenters. The summed E-state index contributed by atoms with van der Waals surface area (Å²) in [5.74, 6) is 0.542. The van der Waals surface area contributed by atoms with E-state index in [4.69, 9.17) is 4.74 Å². The van der Waals surface area contributed by atoms with Gasteiger partial charge in [-0.3, -0.25) is 14.3 Å². The van der Waals surface area contributed by atoms with Crippen molar-refractivity contribution in [2.45, 2.75) is 26.5 Å². The number of carbonyl (C=O) groups excluding carboxylic acids is 1. The average Bonchev–Trinajstić information content (AvgIpc) is 3.18. The van der Waals surface area contributed by atoms with Crippen molar-refractivity contribution in [2.24, 2.45) is 0 Å². The van der Waals surface area contributed by atoms with Crippen LogP contribution in [0.4, 0.5) is 5.69 Å². The van der Waals surface area contributed by atoms with Crippen molar-refractivity contribution in [1.82, 2.24) is 19.2 Å². The standard InChI is InChI=1S/C22H20BrN5O3/c1-14(2)27-13-24-22-25-17(11-20(29)28(22)27)12-31-19-6-4-3-5-18(19)26-21(30)15-7-9-16(23)10-8-15/h3-11,13-14H,12H2,1-2H3,(H,26,30). The molecule has 2 aromatic heterocycles. The molecule has 0 aliphatic rings. The predicted molar refractivity (Wildman–Crippen MR) is 121 cm³/mol. The molecule has 0 atom stereocenters. The van der Waals surface area contributed by atoms with Gasteiger partial charge in [-0.15, -0.1) is 0 Å². The molecule has 4 rings (SSSR count). The van der Waals surface area contributed by atoms with Crippen molar-refractivity contribution in [3.63, 3.8) is 0 Å². The van der Waals surface area contributed by atoms with E-state index in [2.05, 4.69) is 31.2 Å². The van der Waals surface area contributed by atoms with E-state index in [0.29, 0.717) is 28.5 Å². The van der Waals surface area contributed by atoms with Crippen LogP contribution in [0.15, 0.2) is 70.2 Å². The van der Waals surface area contributed by atoms with Gasteiger partial charge in [0.25, 0.3) is 17.2 Å². The van der Waals surface area contributed by atoms with Gasteiger partial charge in [-0.1, -0.05) is 28.1 Å². The Bertz CT molecular complexity index is 1290. The minimum atomic E-state index is -0.249. The highest BCUT2D eigenvalue weighted by atomic mass is 79.9. The molecule has 0 aliphatic heterocycles. The van der Waals surface area contributed by atoms with E-state index < -0.39 is 0 Å². The number of amides is 1. The lowest BCUT2D eigenvalue weighted by Crippen LogP contribution is -2.23. The third kappa shape index (κ3) is 4.51. The minimum Gasteiger partial charge on any atom is -0.485 e. The first-order chi connectivity index (χ1) is 14.9. The fraction of sp³-hybridized carbons (Fsp3) is 0.182. The maximum absolute atomic E-state index is 12.6. The quantitative estimate of drug-likeness (QED) is 0.448. The number of hydrogen-bond donors (Lipinski definition) is 1. The van der Waals surface area contributed by atoms with Crippen LogP contribution in [-0.2, 0) is 6.61 Å². The van der Waals surface area contributed by atoms with Gasteiger partial charge in [0, 0.05) is 22.1 Å². The second kappa shape index (κ2) is 8.73. The highest BCUT2D eigenvalue weighted by Crippen LogP contribution is 2.25. The number of rotatable bonds is 6. The second-order valence-electron chi connectivity index (χ2n) is 7.16. The summed E-state index contributed by atoms with van der Waals surface area (Å²) in [5.41, 5.74) is 1.27. The van der Waals surface area contributed by atoms with Gasteiger partial charge in [-0.25, -0.2) is 4.98 Å². The van der Waals surface area contributed by atoms with E-state index in [1.807, 2.05) is 13.8 Å². The summed E-state index contributed by atoms with van der Waals surface area (Å²) in [7, 11) is 0. The first-order valence-corrected chi connectivity index (χ1v) is 10.5. The maximum atomic E-state index is 12.6. The van der Waals surface area contributed by atoms with Gasteiger partial charge in [-0.2, -0.15) is 9.50 Å². The molecule has 0 radical (unpaired) electrons. The number of halogens is 1. The number of anilines is 1. The molecule has 4 aromatic rings. The van der Waals surface area contributed by atoms with Gasteiger partial charge in [-0.05, 0) is 50.2 Å². The van der Waals surface area contributed by atoms with Crippen LogP contribution >= 0.6 is 15.9 Å². The Morgan fingerprint density at radius 2 is 1.90 bits per heavy atom. The molecule has 8 nitrogen and oxygen atoms in total. The number of ether oxygens (including phenoxy) is 1. The number of nitrogens with zero attached hydrogens (tertiary/aromatic N) is 4. The summed E-state index contributed by atoms with van der Waals surface area (Å²) in [6.45, 7) is 3.99. The Morgan fingerprint density at radius 3 is 2.65 bits per heavy atom. The van der Waals surface area contributed by atoms with Crippen LogP contribution in [-0.4, -0.2) is 25.1 Å². The molecule has 158 valence electrons. The summed E-state index contributed by atoms with van der Waals surface area (Å²) in [6, 6.07) is 15.7. The molecule has 0 saturated heterocycles. The molecule has 1 amide bonds. The molecule has 31 heavy (non-hydrogen) atoms. The van der Waals surface area contributed by atoms with E-state index in [-0.39, 0.29) is 24.1 Å². The average molecular weight is 482 g/mol. The summed E-state index contributed by atoms with van der Waals surface area (Å²) in [5, 5.41) is 2.86. The van der Waals surface area contributed by atoms with Gasteiger partial charge in [0.1, 0.15) is 18.7 Å². The van der Waals surface area contributed by atoms with Crippen molar-refractivity contribution in [3.05, 3.63) is 87.0 Å². The van der Waals surface area contributed by atoms with Crippen LogP contribution in [0.5, 0.6) is 5.75 Å². The van der Waals surface area contributed by atoms with Crippen molar-refractivity contribution in [2.75, 3.05) is 5.32 Å². The first kappa shape index (κ1) is 20.8. The normalized spacial score (nSPS) is 11.1. The molecule has 1 N–H and O–H groups in total. The second-order valence-corrected chi connectivity index (χ2v) is 8.08. The number of para-hydroxylation sites is 2. The number of hydrogen-bond acceptors (Lipinski definition) is 5. The van der Waals surface area contributed by atoms with Crippen LogP contribution in [0.1, 0.15) is 35.9 Å². The maximum Gasteiger partial charge on any atom is 0.274 e. The van der Waals surface area contributed by atoms with E-state index in [1.165, 1.54) is 10.6 Å². The van der Waals surface area contributed by atoms with Crippen LogP contribution < -0.4 is 15.6 Å². The third-order valence-corrected chi connectivity index (χ3v) is 5.13. The molecular formula is C22H20BrN5O3. The molecule has 0 aliphatic carbocycles. The fourth-order valence-corrected chi connectivity index (χ4v) is 3.32. The summed E-state index contributed by atoms with van der Waals surface area (Å²) < 4.78 is 9.92. The predicted octanol–water partition coefficient (Wildman–Crippen LogP) is 4.07. The highest BCUT2D eigenvalue weighted by Gasteiger charge is 2.13. The monoisotopic (exact) mass is 481 g/mol. The number of fused-ring (bicyclic) bond motifs is 1. The van der Waals surface area contributed by atoms with Crippen LogP contribution in [0.2, 0.25) is 0 Å². The molecule has 0 fully saturated rings. The molecule has 2 aromatic carbocycles. The molecule has 2 heterocycles. The van der Waals surface area contributed by atoms with E-state index >= 15 is 0 Å². The fourth-order valence-electron chi connectivity index (χ4n) is 3.05. The smallest absolute Gasteiger partial charge is 0.274 e. The Hall–Kier alpha value is -3.46. The summed E-state index contributed by atoms with van der Waals surface area (Å²) in [4.78, 5) is 33.7. The van der Waals surface area contributed by atoms with E-state index in [9.17, 15) is 9.59 Å². The Kier molecular flexibility index (Phi) is 5.85. The van der Waals surface area contributed by atoms with Gasteiger partial charge in [0.2, 0.25) is 0 Å². The van der Waals surface area contributed by atoms with Crippen LogP contribution in [0.3, 0.4) is 0 Å². The van der Waals surface area contributed by atoms with Gasteiger partial charge < -0.3 is 10.1 Å². The molecule has 0 saturated carbocycles. The Balaban J connectivity index is 1.52. The zero-order chi connectivity index (χ0) is 22.0. The highest BCUT2D eigenvalue weighted by molar-refractivity contribution is 9.10. The zero-order valence-electron chi connectivity index (χ0n) is 16.9. The van der Waals surface area contributed by atoms with Crippen molar-refractivity contribution in [1.29, 1.82) is 0 Å². The van der Waals surface area contributed by atoms with Gasteiger partial charge in [0.15, 0.2) is 0 Å². The molecular weight excluding hydrogens is 462 g/mol. The summed E-state index contributed by atoms with van der Waals surface area (Å²) >= 11 is 3.36. The van der Waals surface area contributed by atoms with Gasteiger partial charge >= 0.3 is 0 Å². The lowest BCUT2D eigenvalue weighted by atomic mass is 10.2. The molecule has 0 bridgehead atoms. The largest absolute Gasteiger partial charge is 0.485 e. The lowest BCUT2D eigenvalue weighted by molar-refractivity contribution is 0.102. The summed E-state index contributed by atoms with van der Waals surface area (Å²) in [6.07, 6.45) is 1.59. The minimum absolute atomic E-state index is 0.0610. The zero-order valence-corrected chi connectivity index (χ0v) is 18.5. The lowest BCUT2D eigenvalue weighted by Gasteiger charge is -2.13. The number of carbonyl (C=O) groups is 1. The molecule has 9 heteroatoms. The Morgan fingerprint density at radius 1 is 1.16 bits per heavy atom. The third-order valence-electron chi connectivity index (χ3n) is 4.60. The number of benzene rings is 2. The van der Waals surface area contributed by atoms with E-state index in [0.717, 1.165) is 4.47 Å². The van der Waals surface area contributed by atoms with Crippen molar-refractivity contribution >= 4 is 33.3 Å². The topological polar surface area (TPSA) is 90.5 Å². The number of aromatic nitrogens is 4. The number of nitrogens with one attached hydrogen (secondary N) is 1. The Labute approximate surface area is 186 Å².